The lowest BCUT2D eigenvalue weighted by molar-refractivity contribution is 0.358. The molecule has 0 saturated carbocycles. The Hall–Kier alpha value is -0.580. The highest BCUT2D eigenvalue weighted by atomic mass is 35.5. The topological polar surface area (TPSA) is 54.4 Å². The summed E-state index contributed by atoms with van der Waals surface area (Å²) in [6.45, 7) is 0. The van der Waals surface area contributed by atoms with E-state index in [-0.39, 0.29) is 5.75 Å². The third kappa shape index (κ3) is 2.99. The summed E-state index contributed by atoms with van der Waals surface area (Å²) in [5, 5.41) is 8.92. The summed E-state index contributed by atoms with van der Waals surface area (Å²) in [4.78, 5) is 0. The van der Waals surface area contributed by atoms with Crippen molar-refractivity contribution >= 4 is 21.4 Å². The fraction of sp³-hybridized carbons (Fsp3) is 0.250. The summed E-state index contributed by atoms with van der Waals surface area (Å²) in [7, 11) is -3.42. The van der Waals surface area contributed by atoms with Crippen LogP contribution in [0.3, 0.4) is 0 Å². The van der Waals surface area contributed by atoms with Gasteiger partial charge in [0.15, 0.2) is 9.84 Å². The highest BCUT2D eigenvalue weighted by Gasteiger charge is 2.11. The van der Waals surface area contributed by atoms with Crippen LogP contribution in [0.15, 0.2) is 24.3 Å². The van der Waals surface area contributed by atoms with Crippen molar-refractivity contribution in [1.82, 2.24) is 0 Å². The van der Waals surface area contributed by atoms with E-state index in [0.717, 1.165) is 0 Å². The minimum Gasteiger partial charge on any atom is -0.380 e. The van der Waals surface area contributed by atoms with Crippen LogP contribution < -0.4 is 0 Å². The first-order valence-electron chi connectivity index (χ1n) is 3.60. The van der Waals surface area contributed by atoms with Gasteiger partial charge in [-0.15, -0.1) is 0 Å². The van der Waals surface area contributed by atoms with Crippen molar-refractivity contribution in [2.45, 2.75) is 5.75 Å². The molecule has 0 amide bonds. The van der Waals surface area contributed by atoms with E-state index in [2.05, 4.69) is 0 Å². The van der Waals surface area contributed by atoms with Gasteiger partial charge in [-0.2, -0.15) is 0 Å². The molecule has 0 aliphatic carbocycles. The van der Waals surface area contributed by atoms with Crippen LogP contribution >= 0.6 is 11.6 Å². The number of hydrogen-bond donors (Lipinski definition) is 1. The molecule has 0 bridgehead atoms. The van der Waals surface area contributed by atoms with Crippen LogP contribution in [0.4, 0.5) is 0 Å². The van der Waals surface area contributed by atoms with Gasteiger partial charge in [0.1, 0.15) is 5.94 Å². The molecule has 3 nitrogen and oxygen atoms in total. The highest BCUT2D eigenvalue weighted by molar-refractivity contribution is 7.90. The van der Waals surface area contributed by atoms with Gasteiger partial charge in [-0.25, -0.2) is 8.42 Å². The van der Waals surface area contributed by atoms with Crippen LogP contribution in [0.5, 0.6) is 0 Å². The summed E-state index contributed by atoms with van der Waals surface area (Å²) in [5.41, 5.74) is 0.512. The van der Waals surface area contributed by atoms with E-state index in [1.165, 1.54) is 0 Å². The van der Waals surface area contributed by atoms with Gasteiger partial charge in [0.25, 0.3) is 0 Å². The maximum Gasteiger partial charge on any atom is 0.178 e. The van der Waals surface area contributed by atoms with E-state index >= 15 is 0 Å². The van der Waals surface area contributed by atoms with E-state index in [0.29, 0.717) is 10.6 Å². The Morgan fingerprint density at radius 2 is 1.92 bits per heavy atom. The maximum atomic E-state index is 11.0. The van der Waals surface area contributed by atoms with E-state index in [4.69, 9.17) is 16.7 Å². The SMILES string of the molecule is O=S(=O)(CO)Cc1ccccc1Cl. The maximum absolute atomic E-state index is 11.0. The zero-order valence-electron chi connectivity index (χ0n) is 6.77. The Morgan fingerprint density at radius 3 is 2.46 bits per heavy atom. The number of hydrogen-bond acceptors (Lipinski definition) is 3. The van der Waals surface area contributed by atoms with Crippen LogP contribution in [0.25, 0.3) is 0 Å². The normalized spacial score (nSPS) is 11.5. The van der Waals surface area contributed by atoms with Crippen molar-refractivity contribution in [1.29, 1.82) is 0 Å². The van der Waals surface area contributed by atoms with Crippen LogP contribution in [0.2, 0.25) is 5.02 Å². The van der Waals surface area contributed by atoms with Crippen molar-refractivity contribution in [2.24, 2.45) is 0 Å². The molecule has 1 N–H and O–H groups in total. The second kappa shape index (κ2) is 4.09. The Morgan fingerprint density at radius 1 is 1.31 bits per heavy atom. The monoisotopic (exact) mass is 220 g/mol. The van der Waals surface area contributed by atoms with E-state index < -0.39 is 15.8 Å². The molecule has 5 heteroatoms. The minimum atomic E-state index is -3.42. The summed E-state index contributed by atoms with van der Waals surface area (Å²) >= 11 is 5.74. The standard InChI is InChI=1S/C8H9ClO3S/c9-8-4-2-1-3-7(8)5-13(11,12)6-10/h1-4,10H,5-6H2. The molecule has 0 aliphatic heterocycles. The summed E-state index contributed by atoms with van der Waals surface area (Å²) in [5.74, 6) is -1.07. The second-order valence-corrected chi connectivity index (χ2v) is 5.05. The number of sulfone groups is 1. The zero-order chi connectivity index (χ0) is 9.90. The Balaban J connectivity index is 2.93. The molecule has 0 spiro atoms. The molecule has 0 aliphatic rings. The van der Waals surface area contributed by atoms with Crippen molar-refractivity contribution in [2.75, 3.05) is 5.94 Å². The molecule has 0 heterocycles. The smallest absolute Gasteiger partial charge is 0.178 e. The minimum absolute atomic E-state index is 0.219. The van der Waals surface area contributed by atoms with Gasteiger partial charge < -0.3 is 5.11 Å². The number of rotatable bonds is 3. The first-order valence-corrected chi connectivity index (χ1v) is 5.80. The van der Waals surface area contributed by atoms with Crippen molar-refractivity contribution in [3.05, 3.63) is 34.9 Å². The largest absolute Gasteiger partial charge is 0.380 e. The Labute approximate surface area is 81.9 Å². The van der Waals surface area contributed by atoms with E-state index in [1.807, 2.05) is 0 Å². The van der Waals surface area contributed by atoms with Gasteiger partial charge in [-0.1, -0.05) is 29.8 Å². The van der Waals surface area contributed by atoms with Crippen LogP contribution in [0, 0.1) is 0 Å². The number of benzene rings is 1. The van der Waals surface area contributed by atoms with Crippen LogP contribution in [-0.4, -0.2) is 19.5 Å². The molecule has 0 saturated heterocycles. The lowest BCUT2D eigenvalue weighted by Gasteiger charge is -2.02. The van der Waals surface area contributed by atoms with Gasteiger partial charge in [-0.3, -0.25) is 0 Å². The molecule has 0 unspecified atom stereocenters. The molecule has 13 heavy (non-hydrogen) atoms. The van der Waals surface area contributed by atoms with E-state index in [1.54, 1.807) is 24.3 Å². The van der Waals surface area contributed by atoms with Gasteiger partial charge >= 0.3 is 0 Å². The fourth-order valence-electron chi connectivity index (χ4n) is 0.898. The molecular weight excluding hydrogens is 212 g/mol. The molecule has 0 radical (unpaired) electrons. The van der Waals surface area contributed by atoms with Crippen LogP contribution in [0.1, 0.15) is 5.56 Å². The molecule has 1 aromatic rings. The van der Waals surface area contributed by atoms with Crippen molar-refractivity contribution < 1.29 is 13.5 Å². The molecule has 0 atom stereocenters. The predicted octanol–water partition coefficient (Wildman–Crippen LogP) is 1.20. The molecule has 0 aromatic heterocycles. The van der Waals surface area contributed by atoms with Gasteiger partial charge in [0.05, 0.1) is 5.75 Å². The molecule has 72 valence electrons. The van der Waals surface area contributed by atoms with Crippen molar-refractivity contribution in [3.8, 4) is 0 Å². The highest BCUT2D eigenvalue weighted by Crippen LogP contribution is 2.17. The van der Waals surface area contributed by atoms with E-state index in [9.17, 15) is 8.42 Å². The summed E-state index contributed by atoms with van der Waals surface area (Å²) in [6.07, 6.45) is 0. The Bertz CT molecular complexity index is 386. The molecule has 1 rings (SSSR count). The molecule has 0 fully saturated rings. The van der Waals surface area contributed by atoms with Crippen molar-refractivity contribution in [3.63, 3.8) is 0 Å². The summed E-state index contributed by atoms with van der Waals surface area (Å²) in [6, 6.07) is 6.66. The quantitative estimate of drug-likeness (QED) is 0.833. The average Bonchev–Trinajstić information content (AvgIpc) is 2.09. The molecule has 1 aromatic carbocycles. The van der Waals surface area contributed by atoms with Gasteiger partial charge in [-0.05, 0) is 11.6 Å². The Kier molecular flexibility index (Phi) is 3.30. The summed E-state index contributed by atoms with van der Waals surface area (Å²) < 4.78 is 22.0. The average molecular weight is 221 g/mol. The number of aliphatic hydroxyl groups is 1. The first kappa shape index (κ1) is 10.5. The number of halogens is 1. The van der Waals surface area contributed by atoms with Gasteiger partial charge in [0, 0.05) is 5.02 Å². The predicted molar refractivity (Wildman–Crippen MR) is 51.2 cm³/mol. The molecular formula is C8H9ClO3S. The lowest BCUT2D eigenvalue weighted by atomic mass is 10.2. The second-order valence-electron chi connectivity index (χ2n) is 2.61. The van der Waals surface area contributed by atoms with Gasteiger partial charge in [0.2, 0.25) is 0 Å². The number of aliphatic hydroxyl groups excluding tert-OH is 1. The zero-order valence-corrected chi connectivity index (χ0v) is 8.35. The third-order valence-electron chi connectivity index (χ3n) is 1.53. The lowest BCUT2D eigenvalue weighted by Crippen LogP contribution is -2.08. The van der Waals surface area contributed by atoms with Crippen LogP contribution in [-0.2, 0) is 15.6 Å². The first-order chi connectivity index (χ1) is 6.05. The third-order valence-corrected chi connectivity index (χ3v) is 3.04. The fourth-order valence-corrected chi connectivity index (χ4v) is 2.00.